The zero-order valence-electron chi connectivity index (χ0n) is 36.4. The molecule has 0 spiro atoms. The number of aromatic nitrogens is 4. The maximum atomic E-state index is 15.2. The Balaban J connectivity index is 1.31. The second-order valence-electron chi connectivity index (χ2n) is 16.7. The molecule has 0 saturated heterocycles. The van der Waals surface area contributed by atoms with Gasteiger partial charge in [-0.05, 0) is 94.5 Å². The Labute approximate surface area is 399 Å². The number of hydrogen-bond donors (Lipinski definition) is 0. The highest BCUT2D eigenvalue weighted by molar-refractivity contribution is 6.12. The van der Waals surface area contributed by atoms with E-state index in [1.54, 1.807) is 84.9 Å². The molecule has 0 fully saturated rings. The van der Waals surface area contributed by atoms with E-state index in [0.29, 0.717) is 51.7 Å². The average molecular weight is 993 g/mol. The van der Waals surface area contributed by atoms with Crippen LogP contribution < -0.4 is 0 Å². The third kappa shape index (κ3) is 9.24. The molecule has 0 atom stereocenters. The van der Waals surface area contributed by atoms with Crippen molar-refractivity contribution in [3.05, 3.63) is 204 Å². The molecule has 360 valence electrons. The fourth-order valence-corrected chi connectivity index (χ4v) is 8.57. The number of alkyl halides is 12. The topological polar surface area (TPSA) is 43.6 Å². The summed E-state index contributed by atoms with van der Waals surface area (Å²) < 4.78 is 187. The summed E-state index contributed by atoms with van der Waals surface area (Å²) in [6.45, 7) is 0. The fraction of sp³-hybridized carbons (Fsp3) is 0.0727. The first-order valence-corrected chi connectivity index (χ1v) is 21.5. The third-order valence-corrected chi connectivity index (χ3v) is 11.9. The summed E-state index contributed by atoms with van der Waals surface area (Å²) in [5, 5.41) is 0.633. The molecular weight excluding hydrogens is 964 g/mol. The van der Waals surface area contributed by atoms with Crippen LogP contribution in [0.4, 0.5) is 57.1 Å². The first-order chi connectivity index (χ1) is 34.1. The lowest BCUT2D eigenvalue weighted by molar-refractivity contribution is -0.144. The zero-order chi connectivity index (χ0) is 50.9. The fourth-order valence-electron chi connectivity index (χ4n) is 8.57. The van der Waals surface area contributed by atoms with Crippen molar-refractivity contribution in [1.82, 2.24) is 19.5 Å². The van der Waals surface area contributed by atoms with Gasteiger partial charge in [-0.15, -0.1) is 0 Å². The van der Waals surface area contributed by atoms with Crippen molar-refractivity contribution >= 4 is 21.8 Å². The number of hydrogen-bond acceptors (Lipinski definition) is 3. The van der Waals surface area contributed by atoms with Crippen molar-refractivity contribution in [3.8, 4) is 73.2 Å². The Bertz CT molecular complexity index is 3450. The van der Waals surface area contributed by atoms with E-state index in [1.807, 2.05) is 0 Å². The largest absolute Gasteiger partial charge is 0.416 e. The van der Waals surface area contributed by atoms with Gasteiger partial charge in [0.2, 0.25) is 0 Å². The smallest absolute Gasteiger partial charge is 0.309 e. The van der Waals surface area contributed by atoms with Crippen LogP contribution in [0.1, 0.15) is 22.3 Å². The molecule has 72 heavy (non-hydrogen) atoms. The van der Waals surface area contributed by atoms with Crippen LogP contribution in [0.25, 0.3) is 95.0 Å². The van der Waals surface area contributed by atoms with E-state index >= 15 is 4.39 Å². The summed E-state index contributed by atoms with van der Waals surface area (Å²) in [7, 11) is 0. The second-order valence-corrected chi connectivity index (χ2v) is 16.7. The molecule has 0 aliphatic heterocycles. The summed E-state index contributed by atoms with van der Waals surface area (Å²) in [5.41, 5.74) is -5.06. The Hall–Kier alpha value is -8.34. The monoisotopic (exact) mass is 992 g/mol. The molecular formula is C55H29F13N4. The Morgan fingerprint density at radius 1 is 0.306 bits per heavy atom. The summed E-state index contributed by atoms with van der Waals surface area (Å²) >= 11 is 0. The van der Waals surface area contributed by atoms with E-state index in [0.717, 1.165) is 0 Å². The lowest BCUT2D eigenvalue weighted by Gasteiger charge is -2.18. The van der Waals surface area contributed by atoms with E-state index < -0.39 is 63.9 Å². The van der Waals surface area contributed by atoms with Crippen molar-refractivity contribution in [2.45, 2.75) is 24.7 Å². The Morgan fingerprint density at radius 2 is 0.694 bits per heavy atom. The molecule has 0 saturated carbocycles. The molecule has 10 rings (SSSR count). The summed E-state index contributed by atoms with van der Waals surface area (Å²) in [6, 6.07) is 38.4. The number of halogens is 13. The highest BCUT2D eigenvalue weighted by Crippen LogP contribution is 2.45. The minimum atomic E-state index is -5.20. The van der Waals surface area contributed by atoms with Gasteiger partial charge >= 0.3 is 24.7 Å². The maximum Gasteiger partial charge on any atom is 0.416 e. The minimum absolute atomic E-state index is 0.0110. The van der Waals surface area contributed by atoms with E-state index in [4.69, 9.17) is 15.0 Å². The normalized spacial score (nSPS) is 12.5. The second kappa shape index (κ2) is 17.5. The van der Waals surface area contributed by atoms with Crippen molar-refractivity contribution in [2.24, 2.45) is 0 Å². The predicted molar refractivity (Wildman–Crippen MR) is 247 cm³/mol. The van der Waals surface area contributed by atoms with Crippen LogP contribution in [0.5, 0.6) is 0 Å². The number of fused-ring (bicyclic) bond motifs is 3. The van der Waals surface area contributed by atoms with Gasteiger partial charge in [-0.25, -0.2) is 19.3 Å². The molecule has 2 aromatic heterocycles. The lowest BCUT2D eigenvalue weighted by Crippen LogP contribution is -2.11. The number of nitrogens with zero attached hydrogens (tertiary/aromatic N) is 4. The van der Waals surface area contributed by atoms with Crippen LogP contribution >= 0.6 is 0 Å². The summed E-state index contributed by atoms with van der Waals surface area (Å²) in [5.74, 6) is -0.0222. The van der Waals surface area contributed by atoms with Crippen LogP contribution in [-0.2, 0) is 24.7 Å². The third-order valence-electron chi connectivity index (χ3n) is 11.9. The van der Waals surface area contributed by atoms with Crippen LogP contribution in [0.3, 0.4) is 0 Å². The van der Waals surface area contributed by atoms with Crippen LogP contribution in [0.2, 0.25) is 0 Å². The first kappa shape index (κ1) is 47.3. The molecule has 0 amide bonds. The van der Waals surface area contributed by atoms with Gasteiger partial charge in [0.25, 0.3) is 0 Å². The van der Waals surface area contributed by atoms with Gasteiger partial charge in [0, 0.05) is 33.0 Å². The minimum Gasteiger partial charge on any atom is -0.309 e. The van der Waals surface area contributed by atoms with Crippen molar-refractivity contribution in [3.63, 3.8) is 0 Å². The van der Waals surface area contributed by atoms with Crippen LogP contribution in [0, 0.1) is 5.82 Å². The summed E-state index contributed by atoms with van der Waals surface area (Å²) in [4.78, 5) is 14.4. The van der Waals surface area contributed by atoms with Crippen molar-refractivity contribution in [2.75, 3.05) is 0 Å². The molecule has 0 radical (unpaired) electrons. The number of rotatable bonds is 7. The lowest BCUT2D eigenvalue weighted by atomic mass is 9.97. The predicted octanol–water partition coefficient (Wildman–Crippen LogP) is 17.2. The molecule has 17 heteroatoms. The van der Waals surface area contributed by atoms with Gasteiger partial charge in [0.15, 0.2) is 17.5 Å². The Morgan fingerprint density at radius 3 is 1.10 bits per heavy atom. The molecule has 4 nitrogen and oxygen atoms in total. The SMILES string of the molecule is Fc1cccc(-c2ccc(-c3nc(-c4ccccc4)nc(-c4ccccc4)n3)cc2-n2c3cc(-c4cc(C(F)(F)F)cc(C(F)(F)F)c4)ccc3c3ccc(-c4cc(C(F)(F)F)cc(C(F)(F)F)c4)cc32)c1. The van der Waals surface area contributed by atoms with Gasteiger partial charge in [-0.1, -0.05) is 109 Å². The van der Waals surface area contributed by atoms with Crippen LogP contribution in [0.15, 0.2) is 176 Å². The van der Waals surface area contributed by atoms with E-state index in [9.17, 15) is 52.7 Å². The molecule has 0 bridgehead atoms. The van der Waals surface area contributed by atoms with E-state index in [2.05, 4.69) is 0 Å². The molecule has 10 aromatic rings. The standard InChI is InChI=1S/C55H29F13N4/c56-42-13-7-12-34(24-42)43-17-16-35(51-70-49(30-8-3-1-4-9-30)69-50(71-51)31-10-5-2-6-11-31)27-46(43)72-47-25-32(36-20-38(52(57,58)59)28-39(21-36)53(60,61)62)14-18-44(47)45-19-15-33(26-48(45)72)37-22-40(54(63,64)65)29-41(23-37)55(66,67)68/h1-29H. The van der Waals surface area contributed by atoms with Gasteiger partial charge in [-0.2, -0.15) is 52.7 Å². The van der Waals surface area contributed by atoms with Gasteiger partial charge in [0.1, 0.15) is 5.82 Å². The molecule has 0 aliphatic rings. The first-order valence-electron chi connectivity index (χ1n) is 21.5. The van der Waals surface area contributed by atoms with Gasteiger partial charge < -0.3 is 4.57 Å². The molecule has 0 aliphatic carbocycles. The van der Waals surface area contributed by atoms with Crippen molar-refractivity contribution in [1.29, 1.82) is 0 Å². The Kier molecular flexibility index (Phi) is 11.5. The zero-order valence-corrected chi connectivity index (χ0v) is 36.4. The van der Waals surface area contributed by atoms with E-state index in [1.165, 1.54) is 59.2 Å². The maximum absolute atomic E-state index is 15.2. The summed E-state index contributed by atoms with van der Waals surface area (Å²) in [6.07, 6.45) is -20.8. The van der Waals surface area contributed by atoms with Crippen LogP contribution in [-0.4, -0.2) is 19.5 Å². The highest BCUT2D eigenvalue weighted by Gasteiger charge is 2.39. The average Bonchev–Trinajstić information content (AvgIpc) is 3.68. The van der Waals surface area contributed by atoms with Crippen molar-refractivity contribution < 1.29 is 57.1 Å². The highest BCUT2D eigenvalue weighted by atomic mass is 19.4. The molecule has 0 unspecified atom stereocenters. The van der Waals surface area contributed by atoms with Gasteiger partial charge in [0.05, 0.1) is 39.0 Å². The number of benzene rings is 8. The quantitative estimate of drug-likeness (QED) is 0.149. The molecule has 2 heterocycles. The van der Waals surface area contributed by atoms with Gasteiger partial charge in [-0.3, -0.25) is 0 Å². The van der Waals surface area contributed by atoms with E-state index in [-0.39, 0.29) is 68.6 Å². The molecule has 8 aromatic carbocycles. The molecule has 0 N–H and O–H groups in total.